The number of phenols is 1. The summed E-state index contributed by atoms with van der Waals surface area (Å²) in [4.78, 5) is 2.14. The fourth-order valence-electron chi connectivity index (χ4n) is 1.84. The van der Waals surface area contributed by atoms with Crippen LogP contribution in [0.3, 0.4) is 0 Å². The van der Waals surface area contributed by atoms with Crippen LogP contribution in [0, 0.1) is 11.3 Å². The lowest BCUT2D eigenvalue weighted by Crippen LogP contribution is -2.21. The number of nitriles is 1. The number of rotatable bonds is 5. The topological polar surface area (TPSA) is 73.3 Å². The van der Waals surface area contributed by atoms with Crippen molar-refractivity contribution in [2.75, 3.05) is 18.0 Å². The highest BCUT2D eigenvalue weighted by Gasteiger charge is 2.12. The van der Waals surface area contributed by atoms with Crippen molar-refractivity contribution in [3.63, 3.8) is 0 Å². The van der Waals surface area contributed by atoms with Crippen LogP contribution in [0.1, 0.15) is 31.9 Å². The Hall–Kier alpha value is -1.44. The van der Waals surface area contributed by atoms with Gasteiger partial charge in [0.05, 0.1) is 12.5 Å². The molecule has 0 unspecified atom stereocenters. The van der Waals surface area contributed by atoms with Gasteiger partial charge in [-0.2, -0.15) is 5.26 Å². The second kappa shape index (κ2) is 7.80. The third-order valence-electron chi connectivity index (χ3n) is 2.85. The summed E-state index contributed by atoms with van der Waals surface area (Å²) in [6, 6.07) is 7.02. The number of halogens is 1. The van der Waals surface area contributed by atoms with Crippen LogP contribution in [0.25, 0.3) is 0 Å². The van der Waals surface area contributed by atoms with E-state index >= 15 is 0 Å². The number of anilines is 1. The van der Waals surface area contributed by atoms with Gasteiger partial charge in [0.2, 0.25) is 0 Å². The van der Waals surface area contributed by atoms with Crippen molar-refractivity contribution in [1.82, 2.24) is 0 Å². The largest absolute Gasteiger partial charge is 0.508 e. The van der Waals surface area contributed by atoms with Crippen molar-refractivity contribution in [3.8, 4) is 11.8 Å². The van der Waals surface area contributed by atoms with E-state index in [1.807, 2.05) is 12.1 Å². The Kier molecular flexibility index (Phi) is 7.18. The van der Waals surface area contributed by atoms with Gasteiger partial charge >= 0.3 is 0 Å². The van der Waals surface area contributed by atoms with Crippen LogP contribution in [0.5, 0.6) is 5.75 Å². The van der Waals surface area contributed by atoms with Crippen LogP contribution < -0.4 is 10.6 Å². The Morgan fingerprint density at radius 1 is 1.39 bits per heavy atom. The Morgan fingerprint density at radius 3 is 2.44 bits per heavy atom. The maximum atomic E-state index is 9.91. The molecule has 0 bridgehead atoms. The zero-order valence-electron chi connectivity index (χ0n) is 10.8. The van der Waals surface area contributed by atoms with Gasteiger partial charge in [-0.25, -0.2) is 0 Å². The molecule has 0 saturated heterocycles. The predicted molar refractivity (Wildman–Crippen MR) is 76.1 cm³/mol. The first-order valence-corrected chi connectivity index (χ1v) is 5.84. The van der Waals surface area contributed by atoms with E-state index in [0.29, 0.717) is 5.56 Å². The Labute approximate surface area is 114 Å². The van der Waals surface area contributed by atoms with Gasteiger partial charge in [0, 0.05) is 36.4 Å². The summed E-state index contributed by atoms with van der Waals surface area (Å²) in [6.45, 7) is 5.91. The third-order valence-corrected chi connectivity index (χ3v) is 2.85. The summed E-state index contributed by atoms with van der Waals surface area (Å²) in [7, 11) is 0. The Balaban J connectivity index is 0.00000289. The normalized spacial score (nSPS) is 11.2. The molecule has 0 spiro atoms. The highest BCUT2D eigenvalue weighted by Crippen LogP contribution is 2.29. The zero-order valence-corrected chi connectivity index (χ0v) is 11.6. The minimum Gasteiger partial charge on any atom is -0.508 e. The van der Waals surface area contributed by atoms with Crippen LogP contribution in [-0.4, -0.2) is 18.2 Å². The Bertz CT molecular complexity index is 413. The first-order chi connectivity index (χ1) is 8.13. The summed E-state index contributed by atoms with van der Waals surface area (Å²) in [6.07, 6.45) is 0.207. The fourth-order valence-corrected chi connectivity index (χ4v) is 1.84. The quantitative estimate of drug-likeness (QED) is 0.862. The summed E-state index contributed by atoms with van der Waals surface area (Å²) in [5, 5.41) is 18.5. The van der Waals surface area contributed by atoms with Gasteiger partial charge in [-0.05, 0) is 19.9 Å². The van der Waals surface area contributed by atoms with Crippen LogP contribution in [-0.2, 0) is 0 Å². The predicted octanol–water partition coefficient (Wildman–Crippen LogP) is 2.57. The van der Waals surface area contributed by atoms with Crippen LogP contribution >= 0.6 is 12.4 Å². The molecule has 5 heteroatoms. The van der Waals surface area contributed by atoms with Crippen molar-refractivity contribution in [3.05, 3.63) is 23.8 Å². The van der Waals surface area contributed by atoms with Crippen LogP contribution in [0.2, 0.25) is 0 Å². The van der Waals surface area contributed by atoms with Crippen molar-refractivity contribution < 1.29 is 5.11 Å². The maximum absolute atomic E-state index is 9.91. The second-order valence-electron chi connectivity index (χ2n) is 3.88. The summed E-state index contributed by atoms with van der Waals surface area (Å²) in [5.41, 5.74) is 7.40. The first kappa shape index (κ1) is 16.6. The molecule has 1 rings (SSSR count). The van der Waals surface area contributed by atoms with Gasteiger partial charge in [-0.1, -0.05) is 6.07 Å². The minimum absolute atomic E-state index is 0. The molecule has 1 aromatic carbocycles. The molecule has 3 N–H and O–H groups in total. The summed E-state index contributed by atoms with van der Waals surface area (Å²) < 4.78 is 0. The molecular formula is C13H20ClN3O. The lowest BCUT2D eigenvalue weighted by atomic mass is 10.0. The van der Waals surface area contributed by atoms with Gasteiger partial charge in [-0.3, -0.25) is 0 Å². The fraction of sp³-hybridized carbons (Fsp3) is 0.462. The van der Waals surface area contributed by atoms with Gasteiger partial charge in [-0.15, -0.1) is 12.4 Å². The summed E-state index contributed by atoms with van der Waals surface area (Å²) >= 11 is 0. The molecule has 1 atom stereocenters. The highest BCUT2D eigenvalue weighted by molar-refractivity contribution is 5.85. The van der Waals surface area contributed by atoms with E-state index in [9.17, 15) is 5.11 Å². The van der Waals surface area contributed by atoms with Gasteiger partial charge in [0.1, 0.15) is 5.75 Å². The molecule has 0 aliphatic carbocycles. The number of hydrogen-bond acceptors (Lipinski definition) is 4. The van der Waals surface area contributed by atoms with E-state index in [2.05, 4.69) is 18.7 Å². The molecule has 1 aromatic rings. The maximum Gasteiger partial charge on any atom is 0.122 e. The van der Waals surface area contributed by atoms with E-state index in [1.165, 1.54) is 0 Å². The molecule has 4 nitrogen and oxygen atoms in total. The Morgan fingerprint density at radius 2 is 2.00 bits per heavy atom. The molecular weight excluding hydrogens is 250 g/mol. The molecule has 0 aliphatic rings. The third kappa shape index (κ3) is 3.80. The lowest BCUT2D eigenvalue weighted by molar-refractivity contribution is 0.462. The number of hydrogen-bond donors (Lipinski definition) is 2. The SMILES string of the molecule is CCN(CC)c1ccc([C@@H](N)CC#N)c(O)c1.Cl. The number of nitrogens with zero attached hydrogens (tertiary/aromatic N) is 2. The molecule has 0 aromatic heterocycles. The van der Waals surface area contributed by atoms with Crippen LogP contribution in [0.4, 0.5) is 5.69 Å². The number of phenolic OH excluding ortho intramolecular Hbond substituents is 1. The minimum atomic E-state index is -0.425. The molecule has 0 saturated carbocycles. The second-order valence-corrected chi connectivity index (χ2v) is 3.88. The highest BCUT2D eigenvalue weighted by atomic mass is 35.5. The van der Waals surface area contributed by atoms with Crippen molar-refractivity contribution >= 4 is 18.1 Å². The molecule has 0 heterocycles. The standard InChI is InChI=1S/C13H19N3O.ClH/c1-3-16(4-2)10-5-6-11(13(17)9-10)12(15)7-8-14;/h5-6,9,12,17H,3-4,7,15H2,1-2H3;1H/t12-;/m0./s1. The van der Waals surface area contributed by atoms with E-state index in [1.54, 1.807) is 12.1 Å². The first-order valence-electron chi connectivity index (χ1n) is 5.84. The molecule has 18 heavy (non-hydrogen) atoms. The monoisotopic (exact) mass is 269 g/mol. The van der Waals surface area contributed by atoms with Crippen molar-refractivity contribution in [1.29, 1.82) is 5.26 Å². The average Bonchev–Trinajstić information content (AvgIpc) is 2.31. The van der Waals surface area contributed by atoms with Crippen molar-refractivity contribution in [2.45, 2.75) is 26.3 Å². The number of benzene rings is 1. The smallest absolute Gasteiger partial charge is 0.122 e. The molecule has 0 fully saturated rings. The summed E-state index contributed by atoms with van der Waals surface area (Å²) in [5.74, 6) is 0.164. The molecule has 0 aliphatic heterocycles. The molecule has 0 radical (unpaired) electrons. The van der Waals surface area contributed by atoms with E-state index in [4.69, 9.17) is 11.0 Å². The van der Waals surface area contributed by atoms with Crippen molar-refractivity contribution in [2.24, 2.45) is 5.73 Å². The van der Waals surface area contributed by atoms with E-state index in [0.717, 1.165) is 18.8 Å². The van der Waals surface area contributed by atoms with E-state index < -0.39 is 6.04 Å². The molecule has 0 amide bonds. The number of aromatic hydroxyl groups is 1. The van der Waals surface area contributed by atoms with Gasteiger partial charge < -0.3 is 15.7 Å². The molecule has 100 valence electrons. The van der Waals surface area contributed by atoms with Crippen LogP contribution in [0.15, 0.2) is 18.2 Å². The van der Waals surface area contributed by atoms with Gasteiger partial charge in [0.15, 0.2) is 0 Å². The average molecular weight is 270 g/mol. The van der Waals surface area contributed by atoms with Gasteiger partial charge in [0.25, 0.3) is 0 Å². The zero-order chi connectivity index (χ0) is 12.8. The van der Waals surface area contributed by atoms with E-state index in [-0.39, 0.29) is 24.6 Å². The lowest BCUT2D eigenvalue weighted by Gasteiger charge is -2.22. The number of nitrogens with two attached hydrogens (primary N) is 1.